The summed E-state index contributed by atoms with van der Waals surface area (Å²) in [4.78, 5) is 0. The van der Waals surface area contributed by atoms with Crippen LogP contribution in [0.2, 0.25) is 0 Å². The van der Waals surface area contributed by atoms with Gasteiger partial charge in [-0.15, -0.1) is 0 Å². The quantitative estimate of drug-likeness (QED) is 0.495. The molecular formula is C10H12O2. The lowest BCUT2D eigenvalue weighted by Gasteiger charge is -2.22. The third kappa shape index (κ3) is 0.409. The van der Waals surface area contributed by atoms with Gasteiger partial charge in [0.25, 0.3) is 0 Å². The highest BCUT2D eigenvalue weighted by molar-refractivity contribution is 5.21. The van der Waals surface area contributed by atoms with Crippen molar-refractivity contribution in [3.8, 4) is 0 Å². The van der Waals surface area contributed by atoms with E-state index in [1.54, 1.807) is 0 Å². The van der Waals surface area contributed by atoms with E-state index in [4.69, 9.17) is 9.47 Å². The van der Waals surface area contributed by atoms with E-state index in [9.17, 15) is 0 Å². The van der Waals surface area contributed by atoms with Gasteiger partial charge in [0, 0.05) is 0 Å². The summed E-state index contributed by atoms with van der Waals surface area (Å²) in [5.41, 5.74) is 0. The fourth-order valence-corrected chi connectivity index (χ4v) is 4.58. The molecule has 6 unspecified atom stereocenters. The summed E-state index contributed by atoms with van der Waals surface area (Å²) >= 11 is 0. The highest BCUT2D eigenvalue weighted by Crippen LogP contribution is 2.69. The molecule has 0 aromatic carbocycles. The molecule has 2 aliphatic heterocycles. The first-order chi connectivity index (χ1) is 5.93. The van der Waals surface area contributed by atoms with E-state index in [0.717, 1.165) is 23.7 Å². The van der Waals surface area contributed by atoms with Crippen LogP contribution in [0.5, 0.6) is 0 Å². The standard InChI is InChI=1S/C10H12O2/c1-4-3-2-6-10(11-6)7(3)5(1)9-8(4)12-9/h3-10H,1-2H2/t3?,4-,5+,6?,7?,8?,9?,10?/m1/s1. The summed E-state index contributed by atoms with van der Waals surface area (Å²) in [6.07, 6.45) is 5.58. The van der Waals surface area contributed by atoms with Crippen molar-refractivity contribution in [2.75, 3.05) is 0 Å². The maximum absolute atomic E-state index is 5.69. The Hall–Kier alpha value is -0.0800. The van der Waals surface area contributed by atoms with E-state index in [2.05, 4.69) is 0 Å². The monoisotopic (exact) mass is 164 g/mol. The van der Waals surface area contributed by atoms with Crippen molar-refractivity contribution in [3.05, 3.63) is 0 Å². The van der Waals surface area contributed by atoms with Crippen LogP contribution in [-0.4, -0.2) is 24.4 Å². The maximum atomic E-state index is 5.69. The molecule has 3 saturated carbocycles. The van der Waals surface area contributed by atoms with E-state index in [0.29, 0.717) is 24.4 Å². The third-order valence-electron chi connectivity index (χ3n) is 4.99. The largest absolute Gasteiger partial charge is 0.369 e. The molecule has 5 aliphatic rings. The Morgan fingerprint density at radius 1 is 0.750 bits per heavy atom. The molecule has 12 heavy (non-hydrogen) atoms. The van der Waals surface area contributed by atoms with Gasteiger partial charge in [0.15, 0.2) is 0 Å². The van der Waals surface area contributed by atoms with Gasteiger partial charge >= 0.3 is 0 Å². The summed E-state index contributed by atoms with van der Waals surface area (Å²) in [6, 6.07) is 0. The lowest BCUT2D eigenvalue weighted by molar-refractivity contribution is 0.162. The van der Waals surface area contributed by atoms with Gasteiger partial charge in [0.05, 0.1) is 24.4 Å². The molecule has 64 valence electrons. The molecule has 0 N–H and O–H groups in total. The van der Waals surface area contributed by atoms with Crippen LogP contribution >= 0.6 is 0 Å². The number of rotatable bonds is 0. The third-order valence-corrected chi connectivity index (χ3v) is 4.99. The first-order valence-corrected chi connectivity index (χ1v) is 5.24. The molecule has 0 aromatic rings. The minimum absolute atomic E-state index is 0.676. The second kappa shape index (κ2) is 1.38. The van der Waals surface area contributed by atoms with E-state index in [1.165, 1.54) is 12.8 Å². The Kier molecular flexibility index (Phi) is 0.644. The normalized spacial score (nSPS) is 80.0. The van der Waals surface area contributed by atoms with Crippen molar-refractivity contribution in [2.24, 2.45) is 23.7 Å². The Labute approximate surface area is 71.2 Å². The summed E-state index contributed by atoms with van der Waals surface area (Å²) in [5.74, 6) is 3.77. The summed E-state index contributed by atoms with van der Waals surface area (Å²) in [7, 11) is 0. The number of ether oxygens (including phenoxy) is 2. The van der Waals surface area contributed by atoms with E-state index in [-0.39, 0.29) is 0 Å². The second-order valence-electron chi connectivity index (χ2n) is 5.24. The average molecular weight is 164 g/mol. The average Bonchev–Trinajstić information content (AvgIpc) is 2.92. The summed E-state index contributed by atoms with van der Waals surface area (Å²) < 4.78 is 11.3. The molecule has 0 spiro atoms. The Morgan fingerprint density at radius 3 is 2.67 bits per heavy atom. The molecular weight excluding hydrogens is 152 g/mol. The number of fused-ring (bicyclic) bond motifs is 10. The minimum Gasteiger partial charge on any atom is -0.369 e. The smallest absolute Gasteiger partial charge is 0.0876 e. The molecule has 2 heterocycles. The van der Waals surface area contributed by atoms with Crippen molar-refractivity contribution in [1.82, 2.24) is 0 Å². The topological polar surface area (TPSA) is 25.1 Å². The van der Waals surface area contributed by atoms with Gasteiger partial charge in [-0.1, -0.05) is 0 Å². The van der Waals surface area contributed by atoms with Gasteiger partial charge in [-0.25, -0.2) is 0 Å². The van der Waals surface area contributed by atoms with Crippen molar-refractivity contribution >= 4 is 0 Å². The molecule has 5 fully saturated rings. The van der Waals surface area contributed by atoms with Crippen molar-refractivity contribution in [1.29, 1.82) is 0 Å². The zero-order valence-corrected chi connectivity index (χ0v) is 6.85. The summed E-state index contributed by atoms with van der Waals surface area (Å²) in [5, 5.41) is 0. The van der Waals surface area contributed by atoms with Crippen molar-refractivity contribution in [3.63, 3.8) is 0 Å². The zero-order chi connectivity index (χ0) is 7.45. The molecule has 0 radical (unpaired) electrons. The number of hydrogen-bond acceptors (Lipinski definition) is 2. The Morgan fingerprint density at radius 2 is 1.67 bits per heavy atom. The van der Waals surface area contributed by atoms with Gasteiger partial charge < -0.3 is 9.47 Å². The number of epoxide rings is 2. The van der Waals surface area contributed by atoms with Crippen LogP contribution in [0.3, 0.4) is 0 Å². The Bertz CT molecular complexity index is 273. The predicted molar refractivity (Wildman–Crippen MR) is 40.5 cm³/mol. The molecule has 2 heteroatoms. The van der Waals surface area contributed by atoms with Gasteiger partial charge in [-0.05, 0) is 36.5 Å². The molecule has 8 atom stereocenters. The van der Waals surface area contributed by atoms with Crippen LogP contribution in [0, 0.1) is 23.7 Å². The number of hydrogen-bond donors (Lipinski definition) is 0. The van der Waals surface area contributed by atoms with E-state index in [1.807, 2.05) is 0 Å². The fourth-order valence-electron chi connectivity index (χ4n) is 4.58. The first-order valence-electron chi connectivity index (χ1n) is 5.24. The minimum atomic E-state index is 0.676. The molecule has 2 nitrogen and oxygen atoms in total. The van der Waals surface area contributed by atoms with Gasteiger partial charge in [0.2, 0.25) is 0 Å². The fraction of sp³-hybridized carbons (Fsp3) is 1.00. The zero-order valence-electron chi connectivity index (χ0n) is 6.85. The van der Waals surface area contributed by atoms with Crippen LogP contribution in [0.15, 0.2) is 0 Å². The highest BCUT2D eigenvalue weighted by atomic mass is 16.6. The van der Waals surface area contributed by atoms with Crippen molar-refractivity contribution in [2.45, 2.75) is 37.3 Å². The van der Waals surface area contributed by atoms with Crippen LogP contribution in [0.25, 0.3) is 0 Å². The van der Waals surface area contributed by atoms with Crippen LogP contribution in [0.4, 0.5) is 0 Å². The second-order valence-corrected chi connectivity index (χ2v) is 5.24. The Balaban J connectivity index is 1.66. The molecule has 3 aliphatic carbocycles. The maximum Gasteiger partial charge on any atom is 0.0876 e. The molecule has 2 saturated heterocycles. The van der Waals surface area contributed by atoms with E-state index < -0.39 is 0 Å². The molecule has 2 bridgehead atoms. The highest BCUT2D eigenvalue weighted by Gasteiger charge is 2.74. The lowest BCUT2D eigenvalue weighted by atomic mass is 9.81. The molecule has 5 rings (SSSR count). The van der Waals surface area contributed by atoms with Gasteiger partial charge in [-0.2, -0.15) is 0 Å². The van der Waals surface area contributed by atoms with Crippen LogP contribution in [0.1, 0.15) is 12.8 Å². The molecule has 0 amide bonds. The van der Waals surface area contributed by atoms with E-state index >= 15 is 0 Å². The van der Waals surface area contributed by atoms with Crippen LogP contribution in [-0.2, 0) is 9.47 Å². The SMILES string of the molecule is C1C2OC2C2C1[C@H]1C[C@@H]2C2OC21. The lowest BCUT2D eigenvalue weighted by Crippen LogP contribution is -2.27. The summed E-state index contributed by atoms with van der Waals surface area (Å²) in [6.45, 7) is 0. The molecule has 0 aromatic heterocycles. The van der Waals surface area contributed by atoms with Gasteiger partial charge in [-0.3, -0.25) is 0 Å². The van der Waals surface area contributed by atoms with Crippen LogP contribution < -0.4 is 0 Å². The van der Waals surface area contributed by atoms with Gasteiger partial charge in [0.1, 0.15) is 0 Å². The van der Waals surface area contributed by atoms with Crippen molar-refractivity contribution < 1.29 is 9.47 Å². The first kappa shape index (κ1) is 5.61. The predicted octanol–water partition coefficient (Wildman–Crippen LogP) is 0.807.